The SMILES string of the molecule is CCNC(=O)CC(CN)c1ccccc1F. The van der Waals surface area contributed by atoms with Crippen molar-refractivity contribution in [3.05, 3.63) is 35.6 Å². The summed E-state index contributed by atoms with van der Waals surface area (Å²) in [6.07, 6.45) is 0.227. The largest absolute Gasteiger partial charge is 0.356 e. The predicted molar refractivity (Wildman–Crippen MR) is 61.5 cm³/mol. The molecule has 88 valence electrons. The molecule has 0 aliphatic heterocycles. The number of hydrogen-bond donors (Lipinski definition) is 2. The summed E-state index contributed by atoms with van der Waals surface area (Å²) in [6.45, 7) is 2.68. The molecule has 1 rings (SSSR count). The first kappa shape index (κ1) is 12.6. The van der Waals surface area contributed by atoms with Crippen LogP contribution < -0.4 is 11.1 Å². The molecule has 0 heterocycles. The number of amides is 1. The monoisotopic (exact) mass is 224 g/mol. The van der Waals surface area contributed by atoms with Crippen molar-refractivity contribution in [1.29, 1.82) is 0 Å². The highest BCUT2D eigenvalue weighted by molar-refractivity contribution is 5.76. The van der Waals surface area contributed by atoms with E-state index in [4.69, 9.17) is 5.73 Å². The van der Waals surface area contributed by atoms with Gasteiger partial charge in [0.15, 0.2) is 0 Å². The second kappa shape index (κ2) is 6.23. The van der Waals surface area contributed by atoms with E-state index in [9.17, 15) is 9.18 Å². The smallest absolute Gasteiger partial charge is 0.220 e. The van der Waals surface area contributed by atoms with E-state index in [1.165, 1.54) is 6.07 Å². The second-order valence-electron chi connectivity index (χ2n) is 3.61. The lowest BCUT2D eigenvalue weighted by Crippen LogP contribution is -2.27. The zero-order valence-corrected chi connectivity index (χ0v) is 9.37. The van der Waals surface area contributed by atoms with E-state index in [-0.39, 0.29) is 30.6 Å². The van der Waals surface area contributed by atoms with Crippen molar-refractivity contribution in [3.63, 3.8) is 0 Å². The van der Waals surface area contributed by atoms with Gasteiger partial charge in [-0.15, -0.1) is 0 Å². The molecule has 3 nitrogen and oxygen atoms in total. The zero-order chi connectivity index (χ0) is 12.0. The van der Waals surface area contributed by atoms with Gasteiger partial charge in [-0.3, -0.25) is 4.79 Å². The number of rotatable bonds is 5. The number of nitrogens with two attached hydrogens (primary N) is 1. The quantitative estimate of drug-likeness (QED) is 0.794. The third kappa shape index (κ3) is 3.31. The highest BCUT2D eigenvalue weighted by Gasteiger charge is 2.17. The topological polar surface area (TPSA) is 55.1 Å². The van der Waals surface area contributed by atoms with Crippen LogP contribution in [0.5, 0.6) is 0 Å². The van der Waals surface area contributed by atoms with Crippen molar-refractivity contribution in [2.75, 3.05) is 13.1 Å². The van der Waals surface area contributed by atoms with E-state index < -0.39 is 0 Å². The van der Waals surface area contributed by atoms with E-state index in [1.807, 2.05) is 6.92 Å². The number of benzene rings is 1. The zero-order valence-electron chi connectivity index (χ0n) is 9.37. The number of carbonyl (C=O) groups is 1. The fourth-order valence-electron chi connectivity index (χ4n) is 1.62. The Morgan fingerprint density at radius 3 is 2.75 bits per heavy atom. The first-order valence-electron chi connectivity index (χ1n) is 5.40. The van der Waals surface area contributed by atoms with Crippen LogP contribution in [-0.4, -0.2) is 19.0 Å². The average molecular weight is 224 g/mol. The van der Waals surface area contributed by atoms with Gasteiger partial charge in [0.25, 0.3) is 0 Å². The summed E-state index contributed by atoms with van der Waals surface area (Å²) in [6, 6.07) is 6.43. The van der Waals surface area contributed by atoms with E-state index >= 15 is 0 Å². The van der Waals surface area contributed by atoms with Crippen LogP contribution in [0.3, 0.4) is 0 Å². The minimum Gasteiger partial charge on any atom is -0.356 e. The van der Waals surface area contributed by atoms with Crippen LogP contribution in [0.2, 0.25) is 0 Å². The standard InChI is InChI=1S/C12H17FN2O/c1-2-15-12(16)7-9(8-14)10-5-3-4-6-11(10)13/h3-6,9H,2,7-8,14H2,1H3,(H,15,16). The molecule has 0 aromatic heterocycles. The molecular formula is C12H17FN2O. The molecule has 0 spiro atoms. The number of halogens is 1. The Hall–Kier alpha value is -1.42. The number of hydrogen-bond acceptors (Lipinski definition) is 2. The highest BCUT2D eigenvalue weighted by atomic mass is 19.1. The predicted octanol–water partition coefficient (Wildman–Crippen LogP) is 1.39. The van der Waals surface area contributed by atoms with Crippen molar-refractivity contribution in [2.45, 2.75) is 19.3 Å². The summed E-state index contributed by atoms with van der Waals surface area (Å²) in [5.74, 6) is -0.656. The Labute approximate surface area is 94.8 Å². The lowest BCUT2D eigenvalue weighted by Gasteiger charge is -2.15. The second-order valence-corrected chi connectivity index (χ2v) is 3.61. The van der Waals surface area contributed by atoms with Gasteiger partial charge in [-0.25, -0.2) is 4.39 Å². The lowest BCUT2D eigenvalue weighted by atomic mass is 9.95. The summed E-state index contributed by atoms with van der Waals surface area (Å²) in [4.78, 5) is 11.4. The number of nitrogens with one attached hydrogen (secondary N) is 1. The number of carbonyl (C=O) groups excluding carboxylic acids is 1. The minimum atomic E-state index is -0.303. The fraction of sp³-hybridized carbons (Fsp3) is 0.417. The lowest BCUT2D eigenvalue weighted by molar-refractivity contribution is -0.121. The van der Waals surface area contributed by atoms with Gasteiger partial charge in [-0.1, -0.05) is 18.2 Å². The molecule has 0 fully saturated rings. The molecule has 3 N–H and O–H groups in total. The Balaban J connectivity index is 2.75. The Bertz CT molecular complexity index is 355. The molecule has 0 aliphatic carbocycles. The first-order chi connectivity index (χ1) is 7.69. The van der Waals surface area contributed by atoms with E-state index in [1.54, 1.807) is 18.2 Å². The van der Waals surface area contributed by atoms with Crippen LogP contribution in [0.25, 0.3) is 0 Å². The van der Waals surface area contributed by atoms with Gasteiger partial charge >= 0.3 is 0 Å². The molecule has 16 heavy (non-hydrogen) atoms. The van der Waals surface area contributed by atoms with E-state index in [0.717, 1.165) is 0 Å². The molecule has 0 saturated heterocycles. The van der Waals surface area contributed by atoms with Crippen molar-refractivity contribution in [1.82, 2.24) is 5.32 Å². The maximum absolute atomic E-state index is 13.5. The summed E-state index contributed by atoms with van der Waals surface area (Å²) < 4.78 is 13.5. The molecule has 0 bridgehead atoms. The normalized spacial score (nSPS) is 12.2. The van der Waals surface area contributed by atoms with E-state index in [0.29, 0.717) is 12.1 Å². The summed E-state index contributed by atoms with van der Waals surface area (Å²) in [7, 11) is 0. The third-order valence-corrected chi connectivity index (χ3v) is 2.44. The maximum Gasteiger partial charge on any atom is 0.220 e. The molecule has 1 unspecified atom stereocenters. The van der Waals surface area contributed by atoms with Crippen LogP contribution in [-0.2, 0) is 4.79 Å². The molecule has 0 aliphatic rings. The Morgan fingerprint density at radius 2 is 2.19 bits per heavy atom. The van der Waals surface area contributed by atoms with Crippen molar-refractivity contribution in [3.8, 4) is 0 Å². The van der Waals surface area contributed by atoms with Gasteiger partial charge in [0, 0.05) is 18.9 Å². The van der Waals surface area contributed by atoms with Gasteiger partial charge < -0.3 is 11.1 Å². The Kier molecular flexibility index (Phi) is 4.92. The van der Waals surface area contributed by atoms with E-state index in [2.05, 4.69) is 5.32 Å². The third-order valence-electron chi connectivity index (χ3n) is 2.44. The van der Waals surface area contributed by atoms with Crippen molar-refractivity contribution < 1.29 is 9.18 Å². The van der Waals surface area contributed by atoms with Crippen LogP contribution in [0, 0.1) is 5.82 Å². The molecular weight excluding hydrogens is 207 g/mol. The van der Waals surface area contributed by atoms with Gasteiger partial charge in [0.2, 0.25) is 5.91 Å². The molecule has 0 saturated carbocycles. The highest BCUT2D eigenvalue weighted by Crippen LogP contribution is 2.21. The summed E-state index contributed by atoms with van der Waals surface area (Å²) in [5.41, 5.74) is 6.08. The van der Waals surface area contributed by atoms with Crippen molar-refractivity contribution >= 4 is 5.91 Å². The van der Waals surface area contributed by atoms with Crippen molar-refractivity contribution in [2.24, 2.45) is 5.73 Å². The van der Waals surface area contributed by atoms with Gasteiger partial charge in [0.1, 0.15) is 5.82 Å². The summed E-state index contributed by atoms with van der Waals surface area (Å²) in [5, 5.41) is 2.68. The van der Waals surface area contributed by atoms with Crippen LogP contribution >= 0.6 is 0 Å². The average Bonchev–Trinajstić information content (AvgIpc) is 2.27. The molecule has 1 atom stereocenters. The molecule has 0 radical (unpaired) electrons. The fourth-order valence-corrected chi connectivity index (χ4v) is 1.62. The molecule has 1 aromatic carbocycles. The van der Waals surface area contributed by atoms with Crippen LogP contribution in [0.15, 0.2) is 24.3 Å². The van der Waals surface area contributed by atoms with Gasteiger partial charge in [-0.05, 0) is 25.1 Å². The van der Waals surface area contributed by atoms with Crippen LogP contribution in [0.1, 0.15) is 24.8 Å². The maximum atomic E-state index is 13.5. The summed E-state index contributed by atoms with van der Waals surface area (Å²) >= 11 is 0. The molecule has 1 amide bonds. The molecule has 4 heteroatoms. The van der Waals surface area contributed by atoms with Gasteiger partial charge in [0.05, 0.1) is 0 Å². The Morgan fingerprint density at radius 1 is 1.50 bits per heavy atom. The first-order valence-corrected chi connectivity index (χ1v) is 5.40. The minimum absolute atomic E-state index is 0.0961. The van der Waals surface area contributed by atoms with Crippen LogP contribution in [0.4, 0.5) is 4.39 Å². The molecule has 1 aromatic rings. The van der Waals surface area contributed by atoms with Gasteiger partial charge in [-0.2, -0.15) is 0 Å².